The van der Waals surface area contributed by atoms with Gasteiger partial charge in [-0.15, -0.1) is 0 Å². The first-order chi connectivity index (χ1) is 8.75. The van der Waals surface area contributed by atoms with E-state index in [1.807, 2.05) is 12.3 Å². The number of fused-ring (bicyclic) bond motifs is 1. The minimum atomic E-state index is 0.941. The first-order valence-electron chi connectivity index (χ1n) is 6.08. The van der Waals surface area contributed by atoms with Gasteiger partial charge in [0.15, 0.2) is 0 Å². The number of aromatic nitrogens is 1. The van der Waals surface area contributed by atoms with Crippen molar-refractivity contribution in [2.24, 2.45) is 0 Å². The van der Waals surface area contributed by atoms with Crippen molar-refractivity contribution in [2.75, 3.05) is 5.32 Å². The second-order valence-electron chi connectivity index (χ2n) is 4.55. The van der Waals surface area contributed by atoms with Gasteiger partial charge in [-0.2, -0.15) is 0 Å². The Kier molecular flexibility index (Phi) is 2.84. The summed E-state index contributed by atoms with van der Waals surface area (Å²) in [6.07, 6.45) is 5.69. The number of hydrogen-bond donors (Lipinski definition) is 1. The molecule has 0 radical (unpaired) electrons. The molecule has 2 aromatic rings. The summed E-state index contributed by atoms with van der Waals surface area (Å²) in [7, 11) is 0. The number of pyridine rings is 1. The number of hydrogen-bond acceptors (Lipinski definition) is 2. The first kappa shape index (κ1) is 11.4. The lowest BCUT2D eigenvalue weighted by molar-refractivity contribution is 1.01. The van der Waals surface area contributed by atoms with E-state index < -0.39 is 0 Å². The molecule has 0 fully saturated rings. The van der Waals surface area contributed by atoms with E-state index in [9.17, 15) is 0 Å². The minimum absolute atomic E-state index is 0.941. The number of rotatable bonds is 1. The van der Waals surface area contributed by atoms with Crippen LogP contribution in [0.15, 0.2) is 36.7 Å². The number of thiocarbonyl (C=S) groups is 1. The van der Waals surface area contributed by atoms with E-state index in [0.717, 1.165) is 23.5 Å². The third-order valence-corrected chi connectivity index (χ3v) is 3.75. The highest BCUT2D eigenvalue weighted by Crippen LogP contribution is 2.33. The molecule has 0 saturated carbocycles. The van der Waals surface area contributed by atoms with E-state index in [-0.39, 0.29) is 0 Å². The van der Waals surface area contributed by atoms with Crippen LogP contribution in [0.3, 0.4) is 0 Å². The SMILES string of the molecule is Cc1c(-c2cccnc2)ccc2c1CCC(=S)N2. The maximum absolute atomic E-state index is 5.23. The van der Waals surface area contributed by atoms with Gasteiger partial charge in [0.2, 0.25) is 0 Å². The normalized spacial score (nSPS) is 13.9. The van der Waals surface area contributed by atoms with E-state index in [0.29, 0.717) is 0 Å². The fraction of sp³-hybridized carbons (Fsp3) is 0.200. The van der Waals surface area contributed by atoms with Crippen LogP contribution in [0.5, 0.6) is 0 Å². The lowest BCUT2D eigenvalue weighted by atomic mass is 9.92. The van der Waals surface area contributed by atoms with Gasteiger partial charge in [-0.3, -0.25) is 4.98 Å². The molecule has 2 heterocycles. The summed E-state index contributed by atoms with van der Waals surface area (Å²) in [5.74, 6) is 0. The molecule has 3 rings (SSSR count). The molecule has 0 amide bonds. The second-order valence-corrected chi connectivity index (χ2v) is 5.05. The molecule has 18 heavy (non-hydrogen) atoms. The number of benzene rings is 1. The third-order valence-electron chi connectivity index (χ3n) is 3.45. The molecule has 1 aromatic heterocycles. The lowest BCUT2D eigenvalue weighted by Gasteiger charge is -2.22. The first-order valence-corrected chi connectivity index (χ1v) is 6.49. The van der Waals surface area contributed by atoms with Crippen molar-refractivity contribution in [2.45, 2.75) is 19.8 Å². The summed E-state index contributed by atoms with van der Waals surface area (Å²) < 4.78 is 0. The van der Waals surface area contributed by atoms with Crippen molar-refractivity contribution in [3.05, 3.63) is 47.8 Å². The molecule has 90 valence electrons. The molecule has 0 bridgehead atoms. The van der Waals surface area contributed by atoms with Crippen LogP contribution in [-0.4, -0.2) is 9.97 Å². The molecule has 0 spiro atoms. The predicted octanol–water partition coefficient (Wildman–Crippen LogP) is 3.74. The fourth-order valence-electron chi connectivity index (χ4n) is 2.48. The Morgan fingerprint density at radius 1 is 1.22 bits per heavy atom. The fourth-order valence-corrected chi connectivity index (χ4v) is 2.69. The van der Waals surface area contributed by atoms with Crippen LogP contribution in [0, 0.1) is 6.92 Å². The van der Waals surface area contributed by atoms with Gasteiger partial charge in [-0.25, -0.2) is 0 Å². The van der Waals surface area contributed by atoms with Crippen molar-refractivity contribution in [1.82, 2.24) is 4.98 Å². The van der Waals surface area contributed by atoms with E-state index in [1.54, 1.807) is 6.20 Å². The van der Waals surface area contributed by atoms with Crippen LogP contribution < -0.4 is 5.32 Å². The Balaban J connectivity index is 2.12. The highest BCUT2D eigenvalue weighted by molar-refractivity contribution is 7.80. The molecule has 0 unspecified atom stereocenters. The summed E-state index contributed by atoms with van der Waals surface area (Å²) in [5, 5.41) is 3.30. The summed E-state index contributed by atoms with van der Waals surface area (Å²) >= 11 is 5.23. The van der Waals surface area contributed by atoms with Gasteiger partial charge in [0, 0.05) is 30.1 Å². The highest BCUT2D eigenvalue weighted by Gasteiger charge is 2.16. The topological polar surface area (TPSA) is 24.9 Å². The van der Waals surface area contributed by atoms with Gasteiger partial charge >= 0.3 is 0 Å². The van der Waals surface area contributed by atoms with E-state index >= 15 is 0 Å². The zero-order valence-electron chi connectivity index (χ0n) is 10.2. The van der Waals surface area contributed by atoms with Crippen molar-refractivity contribution < 1.29 is 0 Å². The van der Waals surface area contributed by atoms with Crippen molar-refractivity contribution in [3.8, 4) is 11.1 Å². The minimum Gasteiger partial charge on any atom is -0.350 e. The highest BCUT2D eigenvalue weighted by atomic mass is 32.1. The molecule has 1 N–H and O–H groups in total. The second kappa shape index (κ2) is 4.50. The summed E-state index contributed by atoms with van der Waals surface area (Å²) in [6, 6.07) is 8.34. The zero-order chi connectivity index (χ0) is 12.5. The molecule has 3 heteroatoms. The van der Waals surface area contributed by atoms with E-state index in [2.05, 4.69) is 35.4 Å². The molecule has 1 aromatic carbocycles. The van der Waals surface area contributed by atoms with Gasteiger partial charge in [-0.1, -0.05) is 24.4 Å². The predicted molar refractivity (Wildman–Crippen MR) is 79.0 cm³/mol. The van der Waals surface area contributed by atoms with Crippen LogP contribution in [0.1, 0.15) is 17.5 Å². The smallest absolute Gasteiger partial charge is 0.0800 e. The van der Waals surface area contributed by atoms with Gasteiger partial charge < -0.3 is 5.32 Å². The molecule has 2 nitrogen and oxygen atoms in total. The number of nitrogens with one attached hydrogen (secondary N) is 1. The number of anilines is 1. The monoisotopic (exact) mass is 254 g/mol. The van der Waals surface area contributed by atoms with Crippen molar-refractivity contribution in [3.63, 3.8) is 0 Å². The Hall–Kier alpha value is -1.74. The molecule has 0 atom stereocenters. The molecular formula is C15H14N2S. The molecular weight excluding hydrogens is 240 g/mol. The van der Waals surface area contributed by atoms with Gasteiger partial charge in [0.05, 0.1) is 4.99 Å². The zero-order valence-corrected chi connectivity index (χ0v) is 11.1. The molecule has 0 aliphatic carbocycles. The van der Waals surface area contributed by atoms with Crippen LogP contribution in [0.2, 0.25) is 0 Å². The summed E-state index contributed by atoms with van der Waals surface area (Å²) in [6.45, 7) is 2.18. The maximum atomic E-state index is 5.23. The van der Waals surface area contributed by atoms with Crippen LogP contribution in [0.25, 0.3) is 11.1 Å². The average Bonchev–Trinajstić information content (AvgIpc) is 2.40. The maximum Gasteiger partial charge on any atom is 0.0800 e. The van der Waals surface area contributed by atoms with Crippen molar-refractivity contribution in [1.29, 1.82) is 0 Å². The molecule has 1 aliphatic heterocycles. The molecule has 1 aliphatic rings. The number of nitrogens with zero attached hydrogens (tertiary/aromatic N) is 1. The van der Waals surface area contributed by atoms with Gasteiger partial charge in [0.25, 0.3) is 0 Å². The van der Waals surface area contributed by atoms with E-state index in [1.165, 1.54) is 22.3 Å². The summed E-state index contributed by atoms with van der Waals surface area (Å²) in [5.41, 5.74) is 6.30. The third kappa shape index (κ3) is 1.91. The molecule has 0 saturated heterocycles. The van der Waals surface area contributed by atoms with Crippen molar-refractivity contribution >= 4 is 22.9 Å². The van der Waals surface area contributed by atoms with Crippen LogP contribution >= 0.6 is 12.2 Å². The van der Waals surface area contributed by atoms with Crippen LogP contribution in [-0.2, 0) is 6.42 Å². The van der Waals surface area contributed by atoms with Crippen LogP contribution in [0.4, 0.5) is 5.69 Å². The lowest BCUT2D eigenvalue weighted by Crippen LogP contribution is -2.18. The van der Waals surface area contributed by atoms with E-state index in [4.69, 9.17) is 12.2 Å². The average molecular weight is 254 g/mol. The van der Waals surface area contributed by atoms with Gasteiger partial charge in [0.1, 0.15) is 0 Å². The Labute approximate surface area is 112 Å². The Morgan fingerprint density at radius 2 is 2.11 bits per heavy atom. The Morgan fingerprint density at radius 3 is 2.89 bits per heavy atom. The largest absolute Gasteiger partial charge is 0.350 e. The quantitative estimate of drug-likeness (QED) is 0.785. The Bertz CT molecular complexity index is 605. The van der Waals surface area contributed by atoms with Gasteiger partial charge in [-0.05, 0) is 42.2 Å². The summed E-state index contributed by atoms with van der Waals surface area (Å²) in [4.78, 5) is 5.13. The standard InChI is InChI=1S/C15H14N2S/c1-10-12(11-3-2-8-16-9-11)4-6-14-13(10)5-7-15(18)17-14/h2-4,6,8-9H,5,7H2,1H3,(H,17,18).